The normalized spacial score (nSPS) is 10.7. The van der Waals surface area contributed by atoms with Gasteiger partial charge in [0.15, 0.2) is 9.74 Å². The zero-order valence-corrected chi connectivity index (χ0v) is 10.5. The molecule has 0 saturated carbocycles. The molecule has 0 aliphatic carbocycles. The van der Waals surface area contributed by atoms with E-state index in [1.54, 1.807) is 11.0 Å². The lowest BCUT2D eigenvalue weighted by atomic mass is 10.5. The van der Waals surface area contributed by atoms with Gasteiger partial charge in [0.25, 0.3) is 0 Å². The van der Waals surface area contributed by atoms with Gasteiger partial charge in [-0.2, -0.15) is 5.10 Å². The second-order valence-corrected chi connectivity index (χ2v) is 5.35. The minimum absolute atomic E-state index is 0.692. The number of hydrogen-bond donors (Lipinski definition) is 0. The van der Waals surface area contributed by atoms with E-state index in [4.69, 9.17) is 0 Å². The molecule has 0 bridgehead atoms. The number of rotatable bonds is 1. The molecule has 0 spiro atoms. The summed E-state index contributed by atoms with van der Waals surface area (Å²) in [6.07, 6.45) is 1.66. The van der Waals surface area contributed by atoms with Crippen molar-refractivity contribution in [1.82, 2.24) is 19.7 Å². The van der Waals surface area contributed by atoms with Crippen LogP contribution >= 0.6 is 43.2 Å². The largest absolute Gasteiger partial charge is 0.255 e. The van der Waals surface area contributed by atoms with E-state index in [2.05, 4.69) is 46.9 Å². The lowest BCUT2D eigenvalue weighted by molar-refractivity contribution is 0.768. The fourth-order valence-corrected chi connectivity index (χ4v) is 3.09. The van der Waals surface area contributed by atoms with Gasteiger partial charge in [0, 0.05) is 7.05 Å². The van der Waals surface area contributed by atoms with E-state index < -0.39 is 0 Å². The Hall–Kier alpha value is -0.270. The van der Waals surface area contributed by atoms with Crippen LogP contribution in [-0.4, -0.2) is 19.7 Å². The van der Waals surface area contributed by atoms with Crippen LogP contribution in [0.25, 0.3) is 10.7 Å². The van der Waals surface area contributed by atoms with Crippen LogP contribution in [0, 0.1) is 0 Å². The van der Waals surface area contributed by atoms with Crippen molar-refractivity contribution in [3.8, 4) is 10.7 Å². The SMILES string of the molecule is Cn1cnc(-c2sc(Br)nc2Br)n1. The highest BCUT2D eigenvalue weighted by Crippen LogP contribution is 2.33. The average Bonchev–Trinajstić information content (AvgIpc) is 2.58. The Morgan fingerprint density at radius 1 is 1.46 bits per heavy atom. The van der Waals surface area contributed by atoms with Crippen molar-refractivity contribution in [3.63, 3.8) is 0 Å². The maximum Gasteiger partial charge on any atom is 0.194 e. The summed E-state index contributed by atoms with van der Waals surface area (Å²) in [5.74, 6) is 0.692. The molecule has 0 amide bonds. The van der Waals surface area contributed by atoms with E-state index >= 15 is 0 Å². The van der Waals surface area contributed by atoms with Crippen LogP contribution < -0.4 is 0 Å². The van der Waals surface area contributed by atoms with Crippen LogP contribution in [0.3, 0.4) is 0 Å². The fraction of sp³-hybridized carbons (Fsp3) is 0.167. The molecule has 2 rings (SSSR count). The zero-order valence-electron chi connectivity index (χ0n) is 6.53. The van der Waals surface area contributed by atoms with Gasteiger partial charge < -0.3 is 0 Å². The number of thiazole rings is 1. The smallest absolute Gasteiger partial charge is 0.194 e. The Bertz CT molecular complexity index is 436. The van der Waals surface area contributed by atoms with Gasteiger partial charge in [-0.15, -0.1) is 11.3 Å². The molecule has 0 aliphatic heterocycles. The molecule has 2 heterocycles. The molecular formula is C6H4Br2N4S. The van der Waals surface area contributed by atoms with Crippen molar-refractivity contribution in [2.24, 2.45) is 7.05 Å². The van der Waals surface area contributed by atoms with Gasteiger partial charge in [0.05, 0.1) is 0 Å². The first-order valence-electron chi connectivity index (χ1n) is 3.34. The Balaban J connectivity index is 2.51. The van der Waals surface area contributed by atoms with Crippen molar-refractivity contribution >= 4 is 43.2 Å². The van der Waals surface area contributed by atoms with E-state index in [9.17, 15) is 0 Å². The quantitative estimate of drug-likeness (QED) is 0.809. The summed E-state index contributed by atoms with van der Waals surface area (Å²) in [6.45, 7) is 0. The first-order valence-corrected chi connectivity index (χ1v) is 5.75. The molecule has 0 fully saturated rings. The number of hydrogen-bond acceptors (Lipinski definition) is 4. The summed E-state index contributed by atoms with van der Waals surface area (Å²) in [6, 6.07) is 0. The molecule has 2 aromatic rings. The molecular weight excluding hydrogens is 320 g/mol. The monoisotopic (exact) mass is 322 g/mol. The van der Waals surface area contributed by atoms with Gasteiger partial charge in [0.1, 0.15) is 15.8 Å². The molecule has 4 nitrogen and oxygen atoms in total. The topological polar surface area (TPSA) is 43.6 Å². The predicted molar refractivity (Wildman–Crippen MR) is 57.5 cm³/mol. The molecule has 0 saturated heterocycles. The first kappa shape index (κ1) is 9.29. The molecule has 0 aromatic carbocycles. The van der Waals surface area contributed by atoms with Gasteiger partial charge in [-0.25, -0.2) is 9.97 Å². The average molecular weight is 324 g/mol. The molecule has 0 radical (unpaired) electrons. The van der Waals surface area contributed by atoms with E-state index in [-0.39, 0.29) is 0 Å². The van der Waals surface area contributed by atoms with E-state index in [0.29, 0.717) is 5.82 Å². The van der Waals surface area contributed by atoms with Crippen molar-refractivity contribution < 1.29 is 0 Å². The number of halogens is 2. The van der Waals surface area contributed by atoms with Gasteiger partial charge in [-0.05, 0) is 31.9 Å². The fourth-order valence-electron chi connectivity index (χ4n) is 0.858. The van der Waals surface area contributed by atoms with Crippen molar-refractivity contribution in [2.45, 2.75) is 0 Å². The van der Waals surface area contributed by atoms with Crippen LogP contribution in [0.2, 0.25) is 0 Å². The van der Waals surface area contributed by atoms with Crippen LogP contribution in [0.15, 0.2) is 14.8 Å². The molecule has 0 aliphatic rings. The predicted octanol–water partition coefficient (Wildman–Crippen LogP) is 2.46. The Kier molecular flexibility index (Phi) is 2.48. The van der Waals surface area contributed by atoms with Gasteiger partial charge in [-0.3, -0.25) is 4.68 Å². The third-order valence-corrected chi connectivity index (χ3v) is 3.70. The Morgan fingerprint density at radius 2 is 2.23 bits per heavy atom. The standard InChI is InChI=1S/C6H4Br2N4S/c1-12-2-9-5(11-12)3-4(7)10-6(8)13-3/h2H,1H3. The second kappa shape index (κ2) is 3.47. The minimum Gasteiger partial charge on any atom is -0.255 e. The third-order valence-electron chi connectivity index (χ3n) is 1.36. The number of nitrogens with zero attached hydrogens (tertiary/aromatic N) is 4. The molecule has 13 heavy (non-hydrogen) atoms. The summed E-state index contributed by atoms with van der Waals surface area (Å²) < 4.78 is 3.26. The van der Waals surface area contributed by atoms with E-state index in [1.807, 2.05) is 7.05 Å². The maximum absolute atomic E-state index is 4.18. The minimum atomic E-state index is 0.692. The van der Waals surface area contributed by atoms with Gasteiger partial charge >= 0.3 is 0 Å². The first-order chi connectivity index (χ1) is 6.16. The van der Waals surface area contributed by atoms with Crippen LogP contribution in [-0.2, 0) is 7.05 Å². The summed E-state index contributed by atoms with van der Waals surface area (Å²) >= 11 is 8.15. The summed E-state index contributed by atoms with van der Waals surface area (Å²) in [5, 5.41) is 4.18. The highest BCUT2D eigenvalue weighted by atomic mass is 79.9. The summed E-state index contributed by atoms with van der Waals surface area (Å²) in [7, 11) is 1.83. The van der Waals surface area contributed by atoms with Crippen LogP contribution in [0.5, 0.6) is 0 Å². The lowest BCUT2D eigenvalue weighted by Gasteiger charge is -1.87. The number of aromatic nitrogens is 4. The lowest BCUT2D eigenvalue weighted by Crippen LogP contribution is -1.86. The Labute approximate surface area is 95.3 Å². The molecule has 0 atom stereocenters. The van der Waals surface area contributed by atoms with Crippen LogP contribution in [0.1, 0.15) is 0 Å². The molecule has 2 aromatic heterocycles. The maximum atomic E-state index is 4.18. The summed E-state index contributed by atoms with van der Waals surface area (Å²) in [5.41, 5.74) is 0. The molecule has 0 unspecified atom stereocenters. The second-order valence-electron chi connectivity index (χ2n) is 2.33. The van der Waals surface area contributed by atoms with Crippen LogP contribution in [0.4, 0.5) is 0 Å². The number of aryl methyl sites for hydroxylation is 1. The third kappa shape index (κ3) is 1.82. The highest BCUT2D eigenvalue weighted by molar-refractivity contribution is 9.11. The van der Waals surface area contributed by atoms with Crippen molar-refractivity contribution in [3.05, 3.63) is 14.8 Å². The molecule has 0 N–H and O–H groups in total. The Morgan fingerprint density at radius 3 is 2.69 bits per heavy atom. The summed E-state index contributed by atoms with van der Waals surface area (Å²) in [4.78, 5) is 9.23. The van der Waals surface area contributed by atoms with E-state index in [0.717, 1.165) is 13.4 Å². The van der Waals surface area contributed by atoms with Crippen molar-refractivity contribution in [2.75, 3.05) is 0 Å². The van der Waals surface area contributed by atoms with Gasteiger partial charge in [0.2, 0.25) is 0 Å². The molecule has 68 valence electrons. The highest BCUT2D eigenvalue weighted by Gasteiger charge is 2.12. The van der Waals surface area contributed by atoms with Crippen molar-refractivity contribution in [1.29, 1.82) is 0 Å². The molecule has 7 heteroatoms. The van der Waals surface area contributed by atoms with Gasteiger partial charge in [-0.1, -0.05) is 0 Å². The zero-order chi connectivity index (χ0) is 9.42. The van der Waals surface area contributed by atoms with E-state index in [1.165, 1.54) is 11.3 Å².